The summed E-state index contributed by atoms with van der Waals surface area (Å²) in [6.45, 7) is 4.01. The molecule has 1 aromatic heterocycles. The van der Waals surface area contributed by atoms with Crippen molar-refractivity contribution in [2.24, 2.45) is 0 Å². The average molecular weight is 280 g/mol. The molecule has 0 N–H and O–H groups in total. The Kier molecular flexibility index (Phi) is 3.31. The van der Waals surface area contributed by atoms with Gasteiger partial charge in [0.2, 0.25) is 0 Å². The van der Waals surface area contributed by atoms with E-state index in [0.29, 0.717) is 5.92 Å². The molecule has 21 heavy (non-hydrogen) atoms. The van der Waals surface area contributed by atoms with Crippen LogP contribution in [0.25, 0.3) is 6.08 Å². The van der Waals surface area contributed by atoms with Crippen molar-refractivity contribution in [1.29, 1.82) is 0 Å². The van der Waals surface area contributed by atoms with Crippen LogP contribution in [-0.2, 0) is 13.1 Å². The Hall–Kier alpha value is -1.94. The van der Waals surface area contributed by atoms with Gasteiger partial charge in [0.05, 0.1) is 6.54 Å². The topological polar surface area (TPSA) is 34.0 Å². The zero-order chi connectivity index (χ0) is 14.1. The fraction of sp³-hybridized carbons (Fsp3) is 0.412. The molecule has 2 heterocycles. The fourth-order valence-corrected chi connectivity index (χ4v) is 2.93. The third-order valence-electron chi connectivity index (χ3n) is 4.28. The molecule has 4 rings (SSSR count). The van der Waals surface area contributed by atoms with Crippen LogP contribution >= 0.6 is 0 Å². The lowest BCUT2D eigenvalue weighted by molar-refractivity contribution is 0.237. The van der Waals surface area contributed by atoms with Crippen LogP contribution in [0.5, 0.6) is 0 Å². The molecule has 4 nitrogen and oxygen atoms in total. The Morgan fingerprint density at radius 3 is 2.76 bits per heavy atom. The minimum atomic E-state index is 0.691. The SMILES string of the molecule is C(=C/c1ccccc1)/CN1CCn2c(nnc2C2CC2)C1. The van der Waals surface area contributed by atoms with Crippen molar-refractivity contribution in [1.82, 2.24) is 19.7 Å². The van der Waals surface area contributed by atoms with Crippen LogP contribution in [0.1, 0.15) is 36.0 Å². The van der Waals surface area contributed by atoms with Crippen molar-refractivity contribution < 1.29 is 0 Å². The van der Waals surface area contributed by atoms with Crippen LogP contribution in [0.2, 0.25) is 0 Å². The second-order valence-corrected chi connectivity index (χ2v) is 5.95. The first kappa shape index (κ1) is 12.8. The van der Waals surface area contributed by atoms with E-state index in [0.717, 1.165) is 32.0 Å². The molecule has 0 amide bonds. The Bertz CT molecular complexity index is 640. The second kappa shape index (κ2) is 5.45. The monoisotopic (exact) mass is 280 g/mol. The normalized spacial score (nSPS) is 19.0. The van der Waals surface area contributed by atoms with Crippen molar-refractivity contribution in [3.8, 4) is 0 Å². The van der Waals surface area contributed by atoms with Crippen LogP contribution in [0.15, 0.2) is 36.4 Å². The van der Waals surface area contributed by atoms with Gasteiger partial charge in [-0.15, -0.1) is 10.2 Å². The van der Waals surface area contributed by atoms with E-state index >= 15 is 0 Å². The number of fused-ring (bicyclic) bond motifs is 1. The van der Waals surface area contributed by atoms with E-state index in [2.05, 4.69) is 56.1 Å². The molecule has 0 spiro atoms. The molecule has 0 atom stereocenters. The van der Waals surface area contributed by atoms with Gasteiger partial charge in [-0.1, -0.05) is 42.5 Å². The van der Waals surface area contributed by atoms with Crippen molar-refractivity contribution >= 4 is 6.08 Å². The summed E-state index contributed by atoms with van der Waals surface area (Å²) in [6, 6.07) is 10.5. The molecule has 2 aromatic rings. The maximum atomic E-state index is 4.39. The van der Waals surface area contributed by atoms with E-state index in [9.17, 15) is 0 Å². The van der Waals surface area contributed by atoms with Gasteiger partial charge in [0.25, 0.3) is 0 Å². The Balaban J connectivity index is 1.38. The average Bonchev–Trinajstić information content (AvgIpc) is 3.28. The molecule has 1 fully saturated rings. The smallest absolute Gasteiger partial charge is 0.147 e. The van der Waals surface area contributed by atoms with Gasteiger partial charge in [-0.2, -0.15) is 0 Å². The molecule has 4 heteroatoms. The van der Waals surface area contributed by atoms with Gasteiger partial charge in [0.15, 0.2) is 0 Å². The van der Waals surface area contributed by atoms with Crippen LogP contribution in [0, 0.1) is 0 Å². The summed E-state index contributed by atoms with van der Waals surface area (Å²) in [7, 11) is 0. The Labute approximate surface area is 125 Å². The van der Waals surface area contributed by atoms with Crippen molar-refractivity contribution in [2.45, 2.75) is 31.8 Å². The lowest BCUT2D eigenvalue weighted by atomic mass is 10.2. The number of benzene rings is 1. The lowest BCUT2D eigenvalue weighted by Crippen LogP contribution is -2.34. The highest BCUT2D eigenvalue weighted by molar-refractivity contribution is 5.48. The van der Waals surface area contributed by atoms with Gasteiger partial charge in [-0.05, 0) is 18.4 Å². The van der Waals surface area contributed by atoms with Crippen LogP contribution in [0.4, 0.5) is 0 Å². The number of rotatable bonds is 4. The third-order valence-corrected chi connectivity index (χ3v) is 4.28. The number of hydrogen-bond acceptors (Lipinski definition) is 3. The largest absolute Gasteiger partial charge is 0.312 e. The van der Waals surface area contributed by atoms with E-state index in [1.807, 2.05) is 6.07 Å². The van der Waals surface area contributed by atoms with Crippen molar-refractivity contribution in [2.75, 3.05) is 13.1 Å². The van der Waals surface area contributed by atoms with Gasteiger partial charge in [-0.25, -0.2) is 0 Å². The summed E-state index contributed by atoms with van der Waals surface area (Å²) >= 11 is 0. The highest BCUT2D eigenvalue weighted by atomic mass is 15.3. The number of nitrogens with zero attached hydrogens (tertiary/aromatic N) is 4. The molecular formula is C17H20N4. The molecule has 2 aliphatic rings. The molecule has 0 saturated heterocycles. The fourth-order valence-electron chi connectivity index (χ4n) is 2.93. The van der Waals surface area contributed by atoms with Gasteiger partial charge in [0.1, 0.15) is 11.6 Å². The zero-order valence-electron chi connectivity index (χ0n) is 12.2. The maximum Gasteiger partial charge on any atom is 0.147 e. The highest BCUT2D eigenvalue weighted by Crippen LogP contribution is 2.39. The first-order valence-electron chi connectivity index (χ1n) is 7.76. The van der Waals surface area contributed by atoms with E-state index in [1.54, 1.807) is 0 Å². The third kappa shape index (κ3) is 2.76. The molecule has 1 aromatic carbocycles. The summed E-state index contributed by atoms with van der Waals surface area (Å²) in [4.78, 5) is 2.43. The summed E-state index contributed by atoms with van der Waals surface area (Å²) in [5.74, 6) is 3.05. The molecule has 1 saturated carbocycles. The quantitative estimate of drug-likeness (QED) is 0.863. The van der Waals surface area contributed by atoms with E-state index in [1.165, 1.54) is 24.2 Å². The molecule has 0 bridgehead atoms. The standard InChI is InChI=1S/C17H20N4/c1-2-5-14(6-3-1)7-4-10-20-11-12-21-16(13-20)18-19-17(21)15-8-9-15/h1-7,15H,8-13H2/b7-4-. The van der Waals surface area contributed by atoms with E-state index < -0.39 is 0 Å². The molecule has 0 unspecified atom stereocenters. The maximum absolute atomic E-state index is 4.39. The molecule has 0 radical (unpaired) electrons. The van der Waals surface area contributed by atoms with Crippen LogP contribution in [0.3, 0.4) is 0 Å². The predicted molar refractivity (Wildman–Crippen MR) is 82.8 cm³/mol. The zero-order valence-corrected chi connectivity index (χ0v) is 12.2. The van der Waals surface area contributed by atoms with Gasteiger partial charge < -0.3 is 4.57 Å². The van der Waals surface area contributed by atoms with Gasteiger partial charge >= 0.3 is 0 Å². The van der Waals surface area contributed by atoms with E-state index in [-0.39, 0.29) is 0 Å². The predicted octanol–water partition coefficient (Wildman–Crippen LogP) is 2.68. The molecule has 1 aliphatic carbocycles. The van der Waals surface area contributed by atoms with E-state index in [4.69, 9.17) is 0 Å². The Morgan fingerprint density at radius 1 is 1.10 bits per heavy atom. The first-order chi connectivity index (χ1) is 10.4. The number of aromatic nitrogens is 3. The van der Waals surface area contributed by atoms with Gasteiger partial charge in [0, 0.05) is 25.6 Å². The van der Waals surface area contributed by atoms with Crippen LogP contribution in [-0.4, -0.2) is 32.8 Å². The minimum Gasteiger partial charge on any atom is -0.312 e. The van der Waals surface area contributed by atoms with Crippen molar-refractivity contribution in [3.05, 3.63) is 53.6 Å². The lowest BCUT2D eigenvalue weighted by Gasteiger charge is -2.26. The summed E-state index contributed by atoms with van der Waals surface area (Å²) in [5, 5.41) is 8.77. The minimum absolute atomic E-state index is 0.691. The summed E-state index contributed by atoms with van der Waals surface area (Å²) in [5.41, 5.74) is 1.26. The number of hydrogen-bond donors (Lipinski definition) is 0. The molecule has 1 aliphatic heterocycles. The molecule has 108 valence electrons. The first-order valence-corrected chi connectivity index (χ1v) is 7.76. The highest BCUT2D eigenvalue weighted by Gasteiger charge is 2.31. The summed E-state index contributed by atoms with van der Waals surface area (Å²) < 4.78 is 2.34. The Morgan fingerprint density at radius 2 is 1.95 bits per heavy atom. The molecular weight excluding hydrogens is 260 g/mol. The second-order valence-electron chi connectivity index (χ2n) is 5.95. The van der Waals surface area contributed by atoms with Crippen LogP contribution < -0.4 is 0 Å². The summed E-state index contributed by atoms with van der Waals surface area (Å²) in [6.07, 6.45) is 7.02. The van der Waals surface area contributed by atoms with Crippen molar-refractivity contribution in [3.63, 3.8) is 0 Å². The van der Waals surface area contributed by atoms with Gasteiger partial charge in [-0.3, -0.25) is 4.90 Å².